The third-order valence-corrected chi connectivity index (χ3v) is 5.50. The Hall–Kier alpha value is -2.58. The molecule has 6 nitrogen and oxygen atoms in total. The second-order valence-electron chi connectivity index (χ2n) is 5.81. The van der Waals surface area contributed by atoms with Crippen molar-refractivity contribution < 1.29 is 23.9 Å². The first kappa shape index (κ1) is 20.2. The van der Waals surface area contributed by atoms with Crippen molar-refractivity contribution in [2.45, 2.75) is 0 Å². The monoisotopic (exact) mass is 461 g/mol. The number of hydrogen-bond donors (Lipinski definition) is 0. The number of imide groups is 1. The zero-order valence-electron chi connectivity index (χ0n) is 15.1. The zero-order chi connectivity index (χ0) is 20.3. The molecule has 144 valence electrons. The predicted molar refractivity (Wildman–Crippen MR) is 111 cm³/mol. The Kier molecular flexibility index (Phi) is 6.21. The van der Waals surface area contributed by atoms with Gasteiger partial charge < -0.3 is 9.47 Å². The molecular weight excluding hydrogens is 446 g/mol. The first-order valence-electron chi connectivity index (χ1n) is 8.19. The molecule has 1 heterocycles. The number of Topliss-reactive ketones (excluding diaryl/α,β-unsaturated/α-hetero) is 1. The van der Waals surface area contributed by atoms with Crippen molar-refractivity contribution in [3.05, 3.63) is 63.0 Å². The standard InChI is InChI=1S/C20H16BrNO5S/c1-26-15-7-8-17(27-2)13(9-15)10-18-19(24)22(20(25)28-18)11-16(23)12-3-5-14(21)6-4-12/h3-10H,11H2,1-2H3/b18-10+. The molecule has 0 aromatic heterocycles. The molecule has 2 aromatic rings. The molecule has 28 heavy (non-hydrogen) atoms. The van der Waals surface area contributed by atoms with E-state index in [9.17, 15) is 14.4 Å². The SMILES string of the molecule is COc1ccc(OC)c(/C=C2/SC(=O)N(CC(=O)c3ccc(Br)cc3)C2=O)c1. The fraction of sp³-hybridized carbons (Fsp3) is 0.150. The van der Waals surface area contributed by atoms with Crippen LogP contribution in [0.3, 0.4) is 0 Å². The maximum absolute atomic E-state index is 12.7. The summed E-state index contributed by atoms with van der Waals surface area (Å²) < 4.78 is 11.3. The lowest BCUT2D eigenvalue weighted by Gasteiger charge is -2.11. The summed E-state index contributed by atoms with van der Waals surface area (Å²) in [6.45, 7) is -0.307. The van der Waals surface area contributed by atoms with Gasteiger partial charge in [0.25, 0.3) is 11.1 Å². The van der Waals surface area contributed by atoms with Crippen LogP contribution in [0, 0.1) is 0 Å². The minimum absolute atomic E-state index is 0.222. The first-order chi connectivity index (χ1) is 13.4. The van der Waals surface area contributed by atoms with Crippen molar-refractivity contribution >= 4 is 50.7 Å². The molecule has 0 radical (unpaired) electrons. The number of benzene rings is 2. The van der Waals surface area contributed by atoms with Crippen molar-refractivity contribution in [1.82, 2.24) is 4.90 Å². The van der Waals surface area contributed by atoms with Crippen molar-refractivity contribution in [3.8, 4) is 11.5 Å². The van der Waals surface area contributed by atoms with Crippen molar-refractivity contribution in [2.24, 2.45) is 0 Å². The van der Waals surface area contributed by atoms with Crippen molar-refractivity contribution in [3.63, 3.8) is 0 Å². The number of carbonyl (C=O) groups is 3. The van der Waals surface area contributed by atoms with Gasteiger partial charge in [-0.3, -0.25) is 19.3 Å². The molecule has 1 aliphatic rings. The van der Waals surface area contributed by atoms with Crippen LogP contribution in [0.2, 0.25) is 0 Å². The number of ether oxygens (including phenoxy) is 2. The topological polar surface area (TPSA) is 72.9 Å². The number of halogens is 1. The Bertz CT molecular complexity index is 971. The first-order valence-corrected chi connectivity index (χ1v) is 9.80. The second-order valence-corrected chi connectivity index (χ2v) is 7.71. The summed E-state index contributed by atoms with van der Waals surface area (Å²) in [4.78, 5) is 38.6. The lowest BCUT2D eigenvalue weighted by molar-refractivity contribution is -0.122. The molecular formula is C20H16BrNO5S. The summed E-state index contributed by atoms with van der Waals surface area (Å²) in [6.07, 6.45) is 1.57. The van der Waals surface area contributed by atoms with E-state index in [1.165, 1.54) is 14.2 Å². The molecule has 1 aliphatic heterocycles. The lowest BCUT2D eigenvalue weighted by Crippen LogP contribution is -2.33. The molecule has 0 bridgehead atoms. The number of methoxy groups -OCH3 is 2. The molecule has 0 N–H and O–H groups in total. The van der Waals surface area contributed by atoms with E-state index in [1.54, 1.807) is 48.5 Å². The molecule has 0 aliphatic carbocycles. The lowest BCUT2D eigenvalue weighted by atomic mass is 10.1. The number of carbonyl (C=O) groups excluding carboxylic acids is 3. The van der Waals surface area contributed by atoms with Crippen LogP contribution in [0.1, 0.15) is 15.9 Å². The Labute approximate surface area is 174 Å². The summed E-state index contributed by atoms with van der Waals surface area (Å²) in [5.74, 6) is 0.315. The third-order valence-electron chi connectivity index (χ3n) is 4.06. The average Bonchev–Trinajstić information content (AvgIpc) is 2.95. The Balaban J connectivity index is 1.82. The fourth-order valence-electron chi connectivity index (χ4n) is 2.60. The van der Waals surface area contributed by atoms with Gasteiger partial charge in [0.05, 0.1) is 25.7 Å². The van der Waals surface area contributed by atoms with Gasteiger partial charge in [0.1, 0.15) is 11.5 Å². The average molecular weight is 462 g/mol. The molecule has 8 heteroatoms. The molecule has 0 saturated carbocycles. The molecule has 0 unspecified atom stereocenters. The maximum atomic E-state index is 12.7. The summed E-state index contributed by atoms with van der Waals surface area (Å²) in [7, 11) is 3.05. The van der Waals surface area contributed by atoms with Gasteiger partial charge in [-0.15, -0.1) is 0 Å². The zero-order valence-corrected chi connectivity index (χ0v) is 17.5. The van der Waals surface area contributed by atoms with E-state index < -0.39 is 11.1 Å². The van der Waals surface area contributed by atoms with E-state index in [1.807, 2.05) is 0 Å². The third kappa shape index (κ3) is 4.28. The number of ketones is 1. The number of rotatable bonds is 6. The summed E-state index contributed by atoms with van der Waals surface area (Å²) in [5.41, 5.74) is 1.03. The Morgan fingerprint density at radius 1 is 1.11 bits per heavy atom. The van der Waals surface area contributed by atoms with Gasteiger partial charge in [0.15, 0.2) is 5.78 Å². The molecule has 1 fully saturated rings. The van der Waals surface area contributed by atoms with Gasteiger partial charge in [-0.25, -0.2) is 0 Å². The van der Waals surface area contributed by atoms with Gasteiger partial charge in [0.2, 0.25) is 0 Å². The maximum Gasteiger partial charge on any atom is 0.293 e. The van der Waals surface area contributed by atoms with Gasteiger partial charge >= 0.3 is 0 Å². The number of amides is 2. The van der Waals surface area contributed by atoms with Crippen LogP contribution in [0.5, 0.6) is 11.5 Å². The highest BCUT2D eigenvalue weighted by molar-refractivity contribution is 9.10. The van der Waals surface area contributed by atoms with Crippen LogP contribution in [0.4, 0.5) is 4.79 Å². The highest BCUT2D eigenvalue weighted by Crippen LogP contribution is 2.35. The minimum atomic E-state index is -0.509. The predicted octanol–water partition coefficient (Wildman–Crippen LogP) is 4.39. The number of hydrogen-bond acceptors (Lipinski definition) is 6. The highest BCUT2D eigenvalue weighted by atomic mass is 79.9. The normalized spacial score (nSPS) is 15.2. The van der Waals surface area contributed by atoms with Gasteiger partial charge in [-0.1, -0.05) is 28.1 Å². The van der Waals surface area contributed by atoms with Crippen molar-refractivity contribution in [1.29, 1.82) is 0 Å². The number of nitrogens with zero attached hydrogens (tertiary/aromatic N) is 1. The quantitative estimate of drug-likeness (QED) is 0.469. The molecule has 2 aromatic carbocycles. The highest BCUT2D eigenvalue weighted by Gasteiger charge is 2.36. The summed E-state index contributed by atoms with van der Waals surface area (Å²) >= 11 is 4.09. The van der Waals surface area contributed by atoms with Crippen LogP contribution in [0.15, 0.2) is 51.8 Å². The number of thioether (sulfide) groups is 1. The largest absolute Gasteiger partial charge is 0.497 e. The van der Waals surface area contributed by atoms with E-state index in [2.05, 4.69) is 15.9 Å². The molecule has 1 saturated heterocycles. The summed E-state index contributed by atoms with van der Waals surface area (Å²) in [6, 6.07) is 11.9. The molecule has 2 amide bonds. The van der Waals surface area contributed by atoms with Crippen molar-refractivity contribution in [2.75, 3.05) is 20.8 Å². The van der Waals surface area contributed by atoms with E-state index >= 15 is 0 Å². The summed E-state index contributed by atoms with van der Waals surface area (Å²) in [5, 5.41) is -0.483. The second kappa shape index (κ2) is 8.62. The van der Waals surface area contributed by atoms with E-state index in [0.717, 1.165) is 21.1 Å². The van der Waals surface area contributed by atoms with Crippen LogP contribution >= 0.6 is 27.7 Å². The van der Waals surface area contributed by atoms with Crippen LogP contribution in [-0.2, 0) is 4.79 Å². The van der Waals surface area contributed by atoms with Crippen LogP contribution in [0.25, 0.3) is 6.08 Å². The smallest absolute Gasteiger partial charge is 0.293 e. The fourth-order valence-corrected chi connectivity index (χ4v) is 3.69. The molecule has 0 atom stereocenters. The minimum Gasteiger partial charge on any atom is -0.497 e. The van der Waals surface area contributed by atoms with E-state index in [4.69, 9.17) is 9.47 Å². The van der Waals surface area contributed by atoms with Gasteiger partial charge in [0, 0.05) is 15.6 Å². The Morgan fingerprint density at radius 2 is 1.82 bits per heavy atom. The van der Waals surface area contributed by atoms with Crippen LogP contribution in [-0.4, -0.2) is 42.6 Å². The van der Waals surface area contributed by atoms with Gasteiger partial charge in [-0.05, 0) is 48.2 Å². The molecule has 0 spiro atoms. The van der Waals surface area contributed by atoms with E-state index in [0.29, 0.717) is 22.6 Å². The van der Waals surface area contributed by atoms with Crippen LogP contribution < -0.4 is 9.47 Å². The van der Waals surface area contributed by atoms with Gasteiger partial charge in [-0.2, -0.15) is 0 Å². The van der Waals surface area contributed by atoms with E-state index in [-0.39, 0.29) is 17.2 Å². The molecule has 3 rings (SSSR count). The Morgan fingerprint density at radius 3 is 2.46 bits per heavy atom.